The van der Waals surface area contributed by atoms with Crippen molar-refractivity contribution < 1.29 is 9.47 Å². The van der Waals surface area contributed by atoms with Crippen molar-refractivity contribution in [2.45, 2.75) is 36.9 Å². The van der Waals surface area contributed by atoms with E-state index >= 15 is 0 Å². The summed E-state index contributed by atoms with van der Waals surface area (Å²) >= 11 is 5.03. The van der Waals surface area contributed by atoms with Crippen LogP contribution in [0, 0.1) is 13.8 Å². The highest BCUT2D eigenvalue weighted by atomic mass is 79.9. The van der Waals surface area contributed by atoms with E-state index in [1.165, 1.54) is 28.5 Å². The molecule has 0 atom stereocenters. The molecule has 3 aliphatic heterocycles. The van der Waals surface area contributed by atoms with Crippen LogP contribution in [-0.2, 0) is 13.0 Å². The number of halogens is 1. The van der Waals surface area contributed by atoms with Gasteiger partial charge in [-0.3, -0.25) is 0 Å². The second-order valence-corrected chi connectivity index (χ2v) is 9.28. The summed E-state index contributed by atoms with van der Waals surface area (Å²) in [5.74, 6) is 2.55. The molecule has 5 rings (SSSR count). The maximum atomic E-state index is 6.10. The van der Waals surface area contributed by atoms with Crippen molar-refractivity contribution in [1.29, 1.82) is 0 Å². The summed E-state index contributed by atoms with van der Waals surface area (Å²) in [4.78, 5) is 14.7. The molecular formula is C22H20BrN5O2S. The second-order valence-electron chi connectivity index (χ2n) is 7.42. The van der Waals surface area contributed by atoms with E-state index in [1.54, 1.807) is 6.33 Å². The number of nitrogens with zero attached hydrogens (tertiary/aromatic N) is 4. The van der Waals surface area contributed by atoms with Crippen LogP contribution < -0.4 is 15.2 Å². The van der Waals surface area contributed by atoms with Crippen LogP contribution in [0.5, 0.6) is 11.5 Å². The summed E-state index contributed by atoms with van der Waals surface area (Å²) in [6.07, 6.45) is 2.62. The maximum absolute atomic E-state index is 6.10. The van der Waals surface area contributed by atoms with Crippen LogP contribution in [0.2, 0.25) is 0 Å². The van der Waals surface area contributed by atoms with Gasteiger partial charge < -0.3 is 19.8 Å². The van der Waals surface area contributed by atoms with Crippen molar-refractivity contribution >= 4 is 33.5 Å². The van der Waals surface area contributed by atoms with E-state index < -0.39 is 0 Å². The molecule has 158 valence electrons. The van der Waals surface area contributed by atoms with Gasteiger partial charge in [0.2, 0.25) is 6.79 Å². The van der Waals surface area contributed by atoms with Gasteiger partial charge in [-0.1, -0.05) is 23.8 Å². The molecule has 0 saturated carbocycles. The van der Waals surface area contributed by atoms with E-state index in [-0.39, 0.29) is 6.79 Å². The molecule has 0 saturated heterocycles. The molecule has 7 nitrogen and oxygen atoms in total. The van der Waals surface area contributed by atoms with Gasteiger partial charge in [-0.25, -0.2) is 15.0 Å². The molecule has 0 fully saturated rings. The van der Waals surface area contributed by atoms with Crippen molar-refractivity contribution in [2.75, 3.05) is 12.5 Å². The predicted molar refractivity (Wildman–Crippen MR) is 123 cm³/mol. The van der Waals surface area contributed by atoms with E-state index in [2.05, 4.69) is 57.9 Å². The molecule has 0 aliphatic carbocycles. The predicted octanol–water partition coefficient (Wildman–Crippen LogP) is 4.86. The monoisotopic (exact) mass is 497 g/mol. The van der Waals surface area contributed by atoms with Gasteiger partial charge in [0.25, 0.3) is 0 Å². The molecule has 31 heavy (non-hydrogen) atoms. The molecule has 0 aromatic heterocycles. The molecule has 2 aromatic rings. The lowest BCUT2D eigenvalue weighted by atomic mass is 10.0. The zero-order valence-corrected chi connectivity index (χ0v) is 19.5. The molecule has 3 heterocycles. The first-order chi connectivity index (χ1) is 15.0. The zero-order chi connectivity index (χ0) is 21.5. The largest absolute Gasteiger partial charge is 0.454 e. The van der Waals surface area contributed by atoms with Crippen molar-refractivity contribution in [3.8, 4) is 23.0 Å². The summed E-state index contributed by atoms with van der Waals surface area (Å²) in [5, 5.41) is 0.606. The summed E-state index contributed by atoms with van der Waals surface area (Å²) in [5.41, 5.74) is 10.6. The van der Waals surface area contributed by atoms with Crippen molar-refractivity contribution in [3.05, 3.63) is 57.8 Å². The van der Waals surface area contributed by atoms with E-state index in [9.17, 15) is 0 Å². The first-order valence-electron chi connectivity index (χ1n) is 9.79. The summed E-state index contributed by atoms with van der Waals surface area (Å²) < 4.78 is 13.8. The molecule has 2 aromatic carbocycles. The Bertz CT molecular complexity index is 1260. The lowest BCUT2D eigenvalue weighted by Crippen LogP contribution is -2.10. The molecule has 2 N–H and O–H groups in total. The number of aryl methyl sites for hydroxylation is 4. The number of imidazole rings is 1. The van der Waals surface area contributed by atoms with E-state index in [4.69, 9.17) is 20.2 Å². The number of fused-ring (bicyclic) bond motifs is 2. The fourth-order valence-corrected chi connectivity index (χ4v) is 4.88. The number of nitrogens with two attached hydrogens (primary N) is 1. The average molecular weight is 498 g/mol. The molecule has 0 radical (unpaired) electrons. The summed E-state index contributed by atoms with van der Waals surface area (Å²) in [6.45, 7) is 5.22. The van der Waals surface area contributed by atoms with Gasteiger partial charge in [-0.15, -0.1) is 0 Å². The molecular weight excluding hydrogens is 478 g/mol. The molecule has 3 aliphatic rings. The number of benzene rings is 2. The Hall–Kier alpha value is -2.78. The van der Waals surface area contributed by atoms with Crippen molar-refractivity contribution in [1.82, 2.24) is 19.5 Å². The molecule has 0 bridgehead atoms. The van der Waals surface area contributed by atoms with Crippen LogP contribution >= 0.6 is 27.7 Å². The quantitative estimate of drug-likeness (QED) is 0.420. The van der Waals surface area contributed by atoms with Crippen molar-refractivity contribution in [3.63, 3.8) is 0 Å². The van der Waals surface area contributed by atoms with Gasteiger partial charge in [0.15, 0.2) is 34.0 Å². The third-order valence-electron chi connectivity index (χ3n) is 5.23. The normalized spacial score (nSPS) is 12.6. The molecule has 9 heteroatoms. The first-order valence-corrected chi connectivity index (χ1v) is 11.4. The van der Waals surface area contributed by atoms with Crippen LogP contribution in [0.1, 0.15) is 16.7 Å². The Morgan fingerprint density at radius 2 is 1.94 bits per heavy atom. The highest BCUT2D eigenvalue weighted by molar-refractivity contribution is 9.10. The van der Waals surface area contributed by atoms with Crippen molar-refractivity contribution in [2.24, 2.45) is 0 Å². The minimum atomic E-state index is 0.231. The second kappa shape index (κ2) is 8.05. The number of rotatable bonds is 5. The highest BCUT2D eigenvalue weighted by Gasteiger charge is 2.22. The Morgan fingerprint density at radius 3 is 2.77 bits per heavy atom. The Labute approximate surface area is 192 Å². The molecule has 0 spiro atoms. The van der Waals surface area contributed by atoms with Crippen LogP contribution in [0.4, 0.5) is 5.82 Å². The van der Waals surface area contributed by atoms with Crippen LogP contribution in [-0.4, -0.2) is 26.3 Å². The highest BCUT2D eigenvalue weighted by Crippen LogP contribution is 2.43. The molecule has 0 amide bonds. The number of ether oxygens (including phenoxy) is 2. The van der Waals surface area contributed by atoms with Gasteiger partial charge >= 0.3 is 0 Å². The zero-order valence-electron chi connectivity index (χ0n) is 17.1. The summed E-state index contributed by atoms with van der Waals surface area (Å²) in [7, 11) is 0. The van der Waals surface area contributed by atoms with Crippen LogP contribution in [0.15, 0.2) is 51.2 Å². The van der Waals surface area contributed by atoms with Crippen LogP contribution in [0.25, 0.3) is 11.5 Å². The Balaban J connectivity index is 1.43. The van der Waals surface area contributed by atoms with Gasteiger partial charge in [-0.05, 0) is 71.2 Å². The minimum Gasteiger partial charge on any atom is -0.454 e. The fraction of sp³-hybridized carbons (Fsp3) is 0.227. The number of hydrogen-bond donors (Lipinski definition) is 1. The number of nitrogen functional groups attached to an aromatic ring is 1. The Morgan fingerprint density at radius 1 is 1.13 bits per heavy atom. The minimum absolute atomic E-state index is 0.231. The topological polar surface area (TPSA) is 88.1 Å². The number of anilines is 1. The average Bonchev–Trinajstić information content (AvgIpc) is 3.37. The Kier molecular flexibility index (Phi) is 5.23. The SMILES string of the molecule is Cc1ccc(C)c(CCn2cnc(N)c3nc(Sc4cc5c(cc4Br)OCO5)nc2-3)c1. The van der Waals surface area contributed by atoms with Gasteiger partial charge in [-0.2, -0.15) is 0 Å². The van der Waals surface area contributed by atoms with Gasteiger partial charge in [0.1, 0.15) is 0 Å². The maximum Gasteiger partial charge on any atom is 0.231 e. The standard InChI is InChI=1S/C22H20BrN5O2S/c1-12-3-4-13(2)14(7-12)5-6-28-10-25-20(24)19-21(28)27-22(26-19)31-18-9-17-16(8-15(18)23)29-11-30-17/h3-4,7-10H,5-6,11,24H2,1-2H3. The number of hydrogen-bond acceptors (Lipinski definition) is 7. The van der Waals surface area contributed by atoms with Gasteiger partial charge in [0.05, 0.1) is 6.33 Å². The smallest absolute Gasteiger partial charge is 0.231 e. The summed E-state index contributed by atoms with van der Waals surface area (Å²) in [6, 6.07) is 10.3. The van der Waals surface area contributed by atoms with Crippen LogP contribution in [0.3, 0.4) is 0 Å². The van der Waals surface area contributed by atoms with Gasteiger partial charge in [0, 0.05) is 15.9 Å². The third-order valence-corrected chi connectivity index (χ3v) is 7.07. The van der Waals surface area contributed by atoms with E-state index in [0.29, 0.717) is 22.4 Å². The van der Waals surface area contributed by atoms with E-state index in [1.807, 2.05) is 16.7 Å². The lowest BCUT2D eigenvalue weighted by Gasteiger charge is -2.12. The van der Waals surface area contributed by atoms with E-state index in [0.717, 1.165) is 33.9 Å². The fourth-order valence-electron chi connectivity index (χ4n) is 3.53. The lowest BCUT2D eigenvalue weighted by molar-refractivity contribution is 0.174. The third kappa shape index (κ3) is 3.95. The number of aromatic nitrogens is 4. The first kappa shape index (κ1) is 20.1. The molecule has 0 unspecified atom stereocenters.